The number of carbonyl (C=O) groups is 2. The molecule has 2 aromatic rings. The summed E-state index contributed by atoms with van der Waals surface area (Å²) in [7, 11) is 0. The van der Waals surface area contributed by atoms with Crippen LogP contribution in [0.1, 0.15) is 113 Å². The number of hydrogen-bond acceptors (Lipinski definition) is 6. The summed E-state index contributed by atoms with van der Waals surface area (Å²) in [6.45, 7) is 8.25. The van der Waals surface area contributed by atoms with E-state index in [2.05, 4.69) is 15.0 Å². The summed E-state index contributed by atoms with van der Waals surface area (Å²) < 4.78 is 12.0. The van der Waals surface area contributed by atoms with Crippen LogP contribution in [0.25, 0.3) is 0 Å². The van der Waals surface area contributed by atoms with Crippen molar-refractivity contribution in [2.45, 2.75) is 109 Å². The summed E-state index contributed by atoms with van der Waals surface area (Å²) in [6.07, 6.45) is 9.76. The van der Waals surface area contributed by atoms with Crippen molar-refractivity contribution in [3.63, 3.8) is 0 Å². The first-order valence-corrected chi connectivity index (χ1v) is 14.6. The zero-order valence-corrected chi connectivity index (χ0v) is 23.4. The summed E-state index contributed by atoms with van der Waals surface area (Å²) in [5.74, 6) is 2.15. The van der Waals surface area contributed by atoms with Crippen LogP contribution >= 0.6 is 0 Å². The Bertz CT molecular complexity index is 1050. The molecule has 1 fully saturated rings. The molecule has 38 heavy (non-hydrogen) atoms. The van der Waals surface area contributed by atoms with Crippen molar-refractivity contribution in [2.75, 3.05) is 19.6 Å². The molecule has 0 unspecified atom stereocenters. The molecule has 1 saturated carbocycles. The minimum atomic E-state index is -0.141. The second kappa shape index (κ2) is 13.8. The second-order valence-electron chi connectivity index (χ2n) is 10.9. The van der Waals surface area contributed by atoms with E-state index in [0.29, 0.717) is 42.4 Å². The van der Waals surface area contributed by atoms with E-state index in [1.54, 1.807) is 0 Å². The van der Waals surface area contributed by atoms with Crippen molar-refractivity contribution in [1.82, 2.24) is 19.9 Å². The first-order valence-electron chi connectivity index (χ1n) is 14.6. The third-order valence-electron chi connectivity index (χ3n) is 7.83. The standard InChI is InChI=1S/C30H44N4O4/c1-4-33-20-12-6-5-7-13-21-34(28(35)19-18-27-31-29(22(2)3)32-38-27)24-15-9-11-17-26(24)37-25-16-10-8-14-23(25)30(33)36/h8,10,14,16,22,24,26H,4-7,9,11-13,15,17-21H2,1-3H3/t24-,26+/m1/s1. The molecule has 0 bridgehead atoms. The summed E-state index contributed by atoms with van der Waals surface area (Å²) in [4.78, 5) is 35.6. The third kappa shape index (κ3) is 7.14. The Labute approximate surface area is 227 Å². The number of amides is 2. The smallest absolute Gasteiger partial charge is 0.257 e. The first-order chi connectivity index (χ1) is 18.5. The van der Waals surface area contributed by atoms with Crippen LogP contribution < -0.4 is 4.74 Å². The number of para-hydroxylation sites is 1. The van der Waals surface area contributed by atoms with Crippen LogP contribution in [0.3, 0.4) is 0 Å². The van der Waals surface area contributed by atoms with E-state index < -0.39 is 0 Å². The maximum absolute atomic E-state index is 13.7. The van der Waals surface area contributed by atoms with Gasteiger partial charge in [0, 0.05) is 38.4 Å². The second-order valence-corrected chi connectivity index (χ2v) is 10.9. The average Bonchev–Trinajstić information content (AvgIpc) is 3.41. The molecule has 1 aliphatic heterocycles. The molecule has 8 heteroatoms. The van der Waals surface area contributed by atoms with Gasteiger partial charge in [-0.05, 0) is 51.2 Å². The number of nitrogens with zero attached hydrogens (tertiary/aromatic N) is 4. The van der Waals surface area contributed by atoms with Gasteiger partial charge in [-0.1, -0.05) is 56.8 Å². The molecule has 1 aliphatic carbocycles. The fraction of sp³-hybridized carbons (Fsp3) is 0.667. The molecule has 0 radical (unpaired) electrons. The zero-order valence-electron chi connectivity index (χ0n) is 23.4. The van der Waals surface area contributed by atoms with E-state index in [9.17, 15) is 9.59 Å². The molecule has 2 aliphatic rings. The Hall–Kier alpha value is -2.90. The zero-order chi connectivity index (χ0) is 26.9. The molecule has 0 spiro atoms. The van der Waals surface area contributed by atoms with Crippen LogP contribution in [-0.4, -0.2) is 63.5 Å². The van der Waals surface area contributed by atoms with E-state index in [0.717, 1.165) is 70.9 Å². The lowest BCUT2D eigenvalue weighted by atomic mass is 9.90. The summed E-state index contributed by atoms with van der Waals surface area (Å²) in [6, 6.07) is 7.58. The fourth-order valence-electron chi connectivity index (χ4n) is 5.61. The van der Waals surface area contributed by atoms with Crippen molar-refractivity contribution < 1.29 is 18.8 Å². The highest BCUT2D eigenvalue weighted by Gasteiger charge is 2.35. The van der Waals surface area contributed by atoms with Crippen LogP contribution in [0.15, 0.2) is 28.8 Å². The highest BCUT2D eigenvalue weighted by atomic mass is 16.5. The van der Waals surface area contributed by atoms with Crippen molar-refractivity contribution >= 4 is 11.8 Å². The molecular formula is C30H44N4O4. The number of benzene rings is 1. The molecule has 2 amide bonds. The SMILES string of the molecule is CCN1CCCCCCCN(C(=O)CCc2nc(C(C)C)no2)[C@@H]2CCCC[C@@H]2Oc2ccccc2C1=O. The molecule has 8 nitrogen and oxygen atoms in total. The predicted octanol–water partition coefficient (Wildman–Crippen LogP) is 5.77. The Morgan fingerprint density at radius 3 is 2.53 bits per heavy atom. The number of carbonyl (C=O) groups excluding carboxylic acids is 2. The normalized spacial score (nSPS) is 21.7. The number of hydrogen-bond donors (Lipinski definition) is 0. The fourth-order valence-corrected chi connectivity index (χ4v) is 5.61. The van der Waals surface area contributed by atoms with Gasteiger partial charge in [-0.3, -0.25) is 9.59 Å². The maximum Gasteiger partial charge on any atom is 0.257 e. The van der Waals surface area contributed by atoms with Gasteiger partial charge in [0.25, 0.3) is 5.91 Å². The molecule has 0 saturated heterocycles. The molecule has 1 aromatic carbocycles. The lowest BCUT2D eigenvalue weighted by Gasteiger charge is -2.40. The summed E-state index contributed by atoms with van der Waals surface area (Å²) in [5.41, 5.74) is 0.615. The van der Waals surface area contributed by atoms with E-state index >= 15 is 0 Å². The van der Waals surface area contributed by atoms with Gasteiger partial charge in [-0.25, -0.2) is 0 Å². The highest BCUT2D eigenvalue weighted by Crippen LogP contribution is 2.31. The van der Waals surface area contributed by atoms with E-state index in [4.69, 9.17) is 9.26 Å². The van der Waals surface area contributed by atoms with Gasteiger partial charge in [0.2, 0.25) is 11.8 Å². The molecule has 2 heterocycles. The van der Waals surface area contributed by atoms with Gasteiger partial charge >= 0.3 is 0 Å². The van der Waals surface area contributed by atoms with Gasteiger partial charge in [-0.15, -0.1) is 0 Å². The van der Waals surface area contributed by atoms with E-state index in [1.807, 2.05) is 49.9 Å². The molecular weight excluding hydrogens is 480 g/mol. The van der Waals surface area contributed by atoms with Crippen LogP contribution in [0.2, 0.25) is 0 Å². The van der Waals surface area contributed by atoms with Crippen LogP contribution in [0, 0.1) is 0 Å². The van der Waals surface area contributed by atoms with Gasteiger partial charge in [-0.2, -0.15) is 4.98 Å². The van der Waals surface area contributed by atoms with E-state index in [-0.39, 0.29) is 29.9 Å². The Kier molecular flexibility index (Phi) is 10.2. The Balaban J connectivity index is 1.56. The van der Waals surface area contributed by atoms with Crippen molar-refractivity contribution in [3.05, 3.63) is 41.5 Å². The summed E-state index contributed by atoms with van der Waals surface area (Å²) in [5, 5.41) is 4.04. The topological polar surface area (TPSA) is 88.8 Å². The van der Waals surface area contributed by atoms with Crippen LogP contribution in [-0.2, 0) is 11.2 Å². The van der Waals surface area contributed by atoms with Crippen LogP contribution in [0.5, 0.6) is 5.75 Å². The minimum Gasteiger partial charge on any atom is -0.487 e. The number of ether oxygens (including phenoxy) is 1. The number of aromatic nitrogens is 2. The maximum atomic E-state index is 13.7. The minimum absolute atomic E-state index is 0.0132. The largest absolute Gasteiger partial charge is 0.487 e. The van der Waals surface area contributed by atoms with Gasteiger partial charge in [0.1, 0.15) is 11.9 Å². The lowest BCUT2D eigenvalue weighted by molar-refractivity contribution is -0.137. The average molecular weight is 525 g/mol. The number of fused-ring (bicyclic) bond motifs is 2. The predicted molar refractivity (Wildman–Crippen MR) is 146 cm³/mol. The number of rotatable bonds is 5. The molecule has 2 atom stereocenters. The highest BCUT2D eigenvalue weighted by molar-refractivity contribution is 5.97. The van der Waals surface area contributed by atoms with Crippen molar-refractivity contribution in [2.24, 2.45) is 0 Å². The molecule has 4 rings (SSSR count). The van der Waals surface area contributed by atoms with E-state index in [1.165, 1.54) is 0 Å². The Morgan fingerprint density at radius 1 is 1.03 bits per heavy atom. The van der Waals surface area contributed by atoms with Gasteiger partial charge in [0.15, 0.2) is 5.82 Å². The third-order valence-corrected chi connectivity index (χ3v) is 7.83. The molecule has 1 aromatic heterocycles. The molecule has 208 valence electrons. The molecule has 0 N–H and O–H groups in total. The van der Waals surface area contributed by atoms with Crippen molar-refractivity contribution in [3.8, 4) is 5.75 Å². The van der Waals surface area contributed by atoms with Gasteiger partial charge in [0.05, 0.1) is 11.6 Å². The van der Waals surface area contributed by atoms with Crippen LogP contribution in [0.4, 0.5) is 0 Å². The van der Waals surface area contributed by atoms with Crippen molar-refractivity contribution in [1.29, 1.82) is 0 Å². The Morgan fingerprint density at radius 2 is 1.76 bits per heavy atom. The monoisotopic (exact) mass is 524 g/mol. The van der Waals surface area contributed by atoms with Gasteiger partial charge < -0.3 is 19.1 Å². The summed E-state index contributed by atoms with van der Waals surface area (Å²) >= 11 is 0. The lowest BCUT2D eigenvalue weighted by Crippen LogP contribution is -2.51. The number of aryl methyl sites for hydroxylation is 1. The first kappa shape index (κ1) is 28.1. The quantitative estimate of drug-likeness (QED) is 0.493.